The van der Waals surface area contributed by atoms with Gasteiger partial charge in [-0.05, 0) is 37.5 Å². The lowest BCUT2D eigenvalue weighted by molar-refractivity contribution is 0.282. The van der Waals surface area contributed by atoms with Gasteiger partial charge in [0.1, 0.15) is 0 Å². The van der Waals surface area contributed by atoms with Crippen molar-refractivity contribution in [3.05, 3.63) is 10.6 Å². The van der Waals surface area contributed by atoms with E-state index in [0.29, 0.717) is 0 Å². The van der Waals surface area contributed by atoms with Gasteiger partial charge in [0.05, 0.1) is 17.2 Å². The Bertz CT molecular complexity index is 455. The Hall–Kier alpha value is -0.610. The van der Waals surface area contributed by atoms with Crippen molar-refractivity contribution < 1.29 is 5.11 Å². The molecule has 0 amide bonds. The molecule has 0 atom stereocenters. The van der Waals surface area contributed by atoms with Gasteiger partial charge in [-0.15, -0.1) is 0 Å². The average molecular weight is 294 g/mol. The van der Waals surface area contributed by atoms with Gasteiger partial charge in [0.2, 0.25) is 0 Å². The molecule has 0 aliphatic heterocycles. The molecule has 1 aromatic heterocycles. The molecule has 2 saturated carbocycles. The molecule has 0 unspecified atom stereocenters. The lowest BCUT2D eigenvalue weighted by Crippen LogP contribution is -2.28. The zero-order valence-corrected chi connectivity index (χ0v) is 13.7. The molecule has 0 spiro atoms. The number of rotatable bonds is 6. The van der Waals surface area contributed by atoms with Crippen molar-refractivity contribution in [2.45, 2.75) is 58.5 Å². The van der Waals surface area contributed by atoms with Crippen LogP contribution in [0.3, 0.4) is 0 Å². The molecule has 2 fully saturated rings. The van der Waals surface area contributed by atoms with E-state index in [4.69, 9.17) is 4.98 Å². The molecular weight excluding hydrogens is 268 g/mol. The normalized spacial score (nSPS) is 19.4. The van der Waals surface area contributed by atoms with E-state index in [1.165, 1.54) is 38.8 Å². The minimum atomic E-state index is 0.0116. The summed E-state index contributed by atoms with van der Waals surface area (Å²) in [4.78, 5) is 8.44. The first-order valence-corrected chi connectivity index (χ1v) is 8.65. The number of aromatic nitrogens is 1. The third kappa shape index (κ3) is 3.34. The van der Waals surface area contributed by atoms with E-state index >= 15 is 0 Å². The summed E-state index contributed by atoms with van der Waals surface area (Å²) in [6.07, 6.45) is 5.52. The summed E-state index contributed by atoms with van der Waals surface area (Å²) < 4.78 is 0. The second kappa shape index (κ2) is 5.30. The van der Waals surface area contributed by atoms with E-state index in [9.17, 15) is 5.11 Å². The topological polar surface area (TPSA) is 36.4 Å². The Balaban J connectivity index is 1.83. The van der Waals surface area contributed by atoms with Crippen LogP contribution in [-0.4, -0.2) is 23.2 Å². The van der Waals surface area contributed by atoms with Gasteiger partial charge in [0, 0.05) is 18.5 Å². The molecule has 112 valence electrons. The van der Waals surface area contributed by atoms with Crippen LogP contribution in [0.1, 0.15) is 57.0 Å². The number of nitrogens with zero attached hydrogens (tertiary/aromatic N) is 2. The van der Waals surface area contributed by atoms with Crippen molar-refractivity contribution in [2.24, 2.45) is 11.8 Å². The van der Waals surface area contributed by atoms with Gasteiger partial charge in [0.25, 0.3) is 0 Å². The SMILES string of the molecule is CC(C)(C)c1nc(N(CC2CC2)CC2CC2)sc1CO. The number of aliphatic hydroxyl groups excluding tert-OH is 1. The van der Waals surface area contributed by atoms with Crippen molar-refractivity contribution in [3.8, 4) is 0 Å². The maximum atomic E-state index is 9.62. The van der Waals surface area contributed by atoms with Crippen LogP contribution in [0.5, 0.6) is 0 Å². The van der Waals surface area contributed by atoms with Crippen molar-refractivity contribution in [2.75, 3.05) is 18.0 Å². The fraction of sp³-hybridized carbons (Fsp3) is 0.812. The fourth-order valence-corrected chi connectivity index (χ4v) is 3.77. The van der Waals surface area contributed by atoms with Crippen molar-refractivity contribution in [1.82, 2.24) is 4.98 Å². The highest BCUT2D eigenvalue weighted by Gasteiger charge is 2.32. The Morgan fingerprint density at radius 3 is 2.05 bits per heavy atom. The van der Waals surface area contributed by atoms with Gasteiger partial charge in [-0.25, -0.2) is 4.98 Å². The van der Waals surface area contributed by atoms with Crippen LogP contribution in [0, 0.1) is 11.8 Å². The summed E-state index contributed by atoms with van der Waals surface area (Å²) >= 11 is 1.70. The quantitative estimate of drug-likeness (QED) is 0.871. The predicted octanol–water partition coefficient (Wildman–Crippen LogP) is 3.56. The monoisotopic (exact) mass is 294 g/mol. The number of thiazole rings is 1. The van der Waals surface area contributed by atoms with E-state index in [2.05, 4.69) is 25.7 Å². The lowest BCUT2D eigenvalue weighted by Gasteiger charge is -2.22. The first-order chi connectivity index (χ1) is 9.47. The van der Waals surface area contributed by atoms with Crippen molar-refractivity contribution in [3.63, 3.8) is 0 Å². The zero-order chi connectivity index (χ0) is 14.3. The van der Waals surface area contributed by atoms with Crippen LogP contribution < -0.4 is 4.90 Å². The van der Waals surface area contributed by atoms with Gasteiger partial charge < -0.3 is 10.0 Å². The summed E-state index contributed by atoms with van der Waals surface area (Å²) in [5.74, 6) is 1.77. The summed E-state index contributed by atoms with van der Waals surface area (Å²) in [6, 6.07) is 0. The third-order valence-electron chi connectivity index (χ3n) is 4.16. The van der Waals surface area contributed by atoms with Gasteiger partial charge >= 0.3 is 0 Å². The van der Waals surface area contributed by atoms with Crippen molar-refractivity contribution >= 4 is 16.5 Å². The molecule has 0 aromatic carbocycles. The van der Waals surface area contributed by atoms with Crippen LogP contribution in [0.2, 0.25) is 0 Å². The maximum Gasteiger partial charge on any atom is 0.185 e. The largest absolute Gasteiger partial charge is 0.391 e. The Kier molecular flexibility index (Phi) is 3.80. The minimum absolute atomic E-state index is 0.0116. The van der Waals surface area contributed by atoms with Crippen LogP contribution in [0.4, 0.5) is 5.13 Å². The van der Waals surface area contributed by atoms with Gasteiger partial charge in [0.15, 0.2) is 5.13 Å². The van der Waals surface area contributed by atoms with Crippen LogP contribution >= 0.6 is 11.3 Å². The molecule has 3 rings (SSSR count). The number of hydrogen-bond acceptors (Lipinski definition) is 4. The highest BCUT2D eigenvalue weighted by molar-refractivity contribution is 7.15. The molecule has 1 N–H and O–H groups in total. The highest BCUT2D eigenvalue weighted by Crippen LogP contribution is 2.39. The molecule has 0 saturated heterocycles. The lowest BCUT2D eigenvalue weighted by atomic mass is 9.91. The molecule has 1 heterocycles. The first kappa shape index (κ1) is 14.3. The number of aliphatic hydroxyl groups is 1. The van der Waals surface area contributed by atoms with E-state index < -0.39 is 0 Å². The molecule has 4 heteroatoms. The Morgan fingerprint density at radius 2 is 1.70 bits per heavy atom. The van der Waals surface area contributed by atoms with Gasteiger partial charge in [-0.3, -0.25) is 0 Å². The van der Waals surface area contributed by atoms with Gasteiger partial charge in [-0.1, -0.05) is 32.1 Å². The number of anilines is 1. The standard InChI is InChI=1S/C16H26N2OS/c1-16(2,3)14-13(10-19)20-15(17-14)18(8-11-4-5-11)9-12-6-7-12/h11-12,19H,4-10H2,1-3H3. The average Bonchev–Trinajstić information content (AvgIpc) is 3.29. The molecule has 0 radical (unpaired) electrons. The van der Waals surface area contributed by atoms with Crippen LogP contribution in [0.15, 0.2) is 0 Å². The van der Waals surface area contributed by atoms with E-state index in [1.807, 2.05) is 0 Å². The summed E-state index contributed by atoms with van der Waals surface area (Å²) in [5, 5.41) is 10.8. The Labute approximate surface area is 126 Å². The Morgan fingerprint density at radius 1 is 1.15 bits per heavy atom. The van der Waals surface area contributed by atoms with Gasteiger partial charge in [-0.2, -0.15) is 0 Å². The smallest absolute Gasteiger partial charge is 0.185 e. The highest BCUT2D eigenvalue weighted by atomic mass is 32.1. The number of hydrogen-bond donors (Lipinski definition) is 1. The third-order valence-corrected chi connectivity index (χ3v) is 5.26. The zero-order valence-electron chi connectivity index (χ0n) is 12.9. The minimum Gasteiger partial charge on any atom is -0.391 e. The van der Waals surface area contributed by atoms with E-state index in [0.717, 1.165) is 27.5 Å². The van der Waals surface area contributed by atoms with Crippen molar-refractivity contribution in [1.29, 1.82) is 0 Å². The molecule has 20 heavy (non-hydrogen) atoms. The molecule has 2 aliphatic rings. The predicted molar refractivity (Wildman–Crippen MR) is 84.4 cm³/mol. The first-order valence-electron chi connectivity index (χ1n) is 7.83. The summed E-state index contributed by atoms with van der Waals surface area (Å²) in [6.45, 7) is 8.98. The van der Waals surface area contributed by atoms with E-state index in [1.54, 1.807) is 11.3 Å². The molecule has 3 nitrogen and oxygen atoms in total. The van der Waals surface area contributed by atoms with Crippen LogP contribution in [0.25, 0.3) is 0 Å². The molecule has 0 bridgehead atoms. The summed E-state index contributed by atoms with van der Waals surface area (Å²) in [7, 11) is 0. The molecule has 2 aliphatic carbocycles. The molecule has 1 aromatic rings. The fourth-order valence-electron chi connectivity index (χ4n) is 2.62. The summed E-state index contributed by atoms with van der Waals surface area (Å²) in [5.41, 5.74) is 1.09. The van der Waals surface area contributed by atoms with Crippen LogP contribution in [-0.2, 0) is 12.0 Å². The van der Waals surface area contributed by atoms with E-state index in [-0.39, 0.29) is 12.0 Å². The second-order valence-corrected chi connectivity index (χ2v) is 8.53. The molecular formula is C16H26N2OS. The maximum absolute atomic E-state index is 9.62. The second-order valence-electron chi connectivity index (χ2n) is 7.47.